The average Bonchev–Trinajstić information content (AvgIpc) is 2.65. The zero-order chi connectivity index (χ0) is 12.0. The lowest BCUT2D eigenvalue weighted by atomic mass is 10.4. The van der Waals surface area contributed by atoms with Crippen molar-refractivity contribution in [1.29, 1.82) is 0 Å². The molecule has 94 valence electrons. The summed E-state index contributed by atoms with van der Waals surface area (Å²) in [4.78, 5) is 0. The van der Waals surface area contributed by atoms with Gasteiger partial charge in [-0.15, -0.1) is 0 Å². The molecule has 0 aromatic rings. The van der Waals surface area contributed by atoms with Gasteiger partial charge in [-0.25, -0.2) is 4.57 Å². The molecule has 1 aliphatic heterocycles. The zero-order valence-electron chi connectivity index (χ0n) is 9.84. The number of hydrogen-bond donors (Lipinski definition) is 0. The van der Waals surface area contributed by atoms with Gasteiger partial charge in [0, 0.05) is 11.0 Å². The van der Waals surface area contributed by atoms with Gasteiger partial charge in [-0.1, -0.05) is 30.4 Å². The topological polar surface area (TPSA) is 47.9 Å². The second-order valence-electron chi connectivity index (χ2n) is 3.13. The SMILES string of the molecule is CCOP(=O)(/N=C1\SCC(CC)S1)OCC. The van der Waals surface area contributed by atoms with Crippen LogP contribution < -0.4 is 0 Å². The second-order valence-corrected chi connectivity index (χ2v) is 7.34. The molecule has 0 aromatic heterocycles. The van der Waals surface area contributed by atoms with Crippen LogP contribution in [0.25, 0.3) is 0 Å². The standard InChI is InChI=1S/C9H18NO3PS2/c1-4-8-7-15-9(16-8)10-14(11,12-5-2)13-6-3/h8H,4-7H2,1-3H3/b10-9+. The molecular weight excluding hydrogens is 265 g/mol. The Labute approximate surface area is 106 Å². The molecule has 0 N–H and O–H groups in total. The molecule has 1 saturated heterocycles. The molecule has 0 aliphatic carbocycles. The summed E-state index contributed by atoms with van der Waals surface area (Å²) in [5.74, 6) is 1.03. The molecule has 0 aromatic carbocycles. The van der Waals surface area contributed by atoms with E-state index < -0.39 is 7.75 Å². The maximum absolute atomic E-state index is 12.1. The summed E-state index contributed by atoms with van der Waals surface area (Å²) < 4.78 is 27.3. The van der Waals surface area contributed by atoms with E-state index in [1.165, 1.54) is 0 Å². The molecule has 4 nitrogen and oxygen atoms in total. The van der Waals surface area contributed by atoms with E-state index in [1.807, 2.05) is 0 Å². The lowest BCUT2D eigenvalue weighted by Crippen LogP contribution is -1.97. The molecule has 0 saturated carbocycles. The minimum Gasteiger partial charge on any atom is -0.291 e. The number of rotatable bonds is 6. The summed E-state index contributed by atoms with van der Waals surface area (Å²) in [5.41, 5.74) is 0. The van der Waals surface area contributed by atoms with E-state index in [4.69, 9.17) is 9.05 Å². The van der Waals surface area contributed by atoms with Crippen molar-refractivity contribution in [1.82, 2.24) is 0 Å². The Kier molecular flexibility index (Phi) is 6.44. The predicted octanol–water partition coefficient (Wildman–Crippen LogP) is 3.78. The van der Waals surface area contributed by atoms with Crippen LogP contribution in [0.1, 0.15) is 27.2 Å². The molecular formula is C9H18NO3PS2. The molecule has 1 heterocycles. The van der Waals surface area contributed by atoms with Crippen LogP contribution in [0.4, 0.5) is 0 Å². The first-order valence-electron chi connectivity index (χ1n) is 5.42. The van der Waals surface area contributed by atoms with E-state index in [0.29, 0.717) is 18.5 Å². The van der Waals surface area contributed by atoms with E-state index in [9.17, 15) is 4.57 Å². The highest BCUT2D eigenvalue weighted by molar-refractivity contribution is 8.42. The van der Waals surface area contributed by atoms with Crippen molar-refractivity contribution in [3.05, 3.63) is 0 Å². The maximum Gasteiger partial charge on any atom is 0.455 e. The fourth-order valence-corrected chi connectivity index (χ4v) is 5.59. The third kappa shape index (κ3) is 4.41. The first-order chi connectivity index (χ1) is 7.63. The van der Waals surface area contributed by atoms with Crippen LogP contribution in [0.3, 0.4) is 0 Å². The summed E-state index contributed by atoms with van der Waals surface area (Å²) >= 11 is 3.30. The van der Waals surface area contributed by atoms with Gasteiger partial charge in [0.15, 0.2) is 0 Å². The van der Waals surface area contributed by atoms with Crippen molar-refractivity contribution < 1.29 is 13.6 Å². The van der Waals surface area contributed by atoms with Crippen LogP contribution in [0, 0.1) is 0 Å². The normalized spacial score (nSPS) is 24.2. The summed E-state index contributed by atoms with van der Waals surface area (Å²) in [6, 6.07) is 0. The van der Waals surface area contributed by atoms with E-state index in [1.54, 1.807) is 37.4 Å². The third-order valence-electron chi connectivity index (χ3n) is 1.90. The van der Waals surface area contributed by atoms with Crippen molar-refractivity contribution in [3.63, 3.8) is 0 Å². The fraction of sp³-hybridized carbons (Fsp3) is 0.889. The molecule has 0 radical (unpaired) electrons. The van der Waals surface area contributed by atoms with Crippen LogP contribution in [-0.2, 0) is 13.6 Å². The van der Waals surface area contributed by atoms with Gasteiger partial charge in [0.05, 0.1) is 13.2 Å². The van der Waals surface area contributed by atoms with Crippen LogP contribution in [-0.4, -0.2) is 28.6 Å². The maximum atomic E-state index is 12.1. The number of thioether (sulfide) groups is 2. The van der Waals surface area contributed by atoms with Crippen molar-refractivity contribution in [2.45, 2.75) is 32.4 Å². The van der Waals surface area contributed by atoms with Crippen molar-refractivity contribution >= 4 is 35.6 Å². The first kappa shape index (κ1) is 14.6. The molecule has 1 atom stereocenters. The number of hydrogen-bond acceptors (Lipinski definition) is 5. The molecule has 1 rings (SSSR count). The van der Waals surface area contributed by atoms with Crippen LogP contribution >= 0.6 is 31.3 Å². The van der Waals surface area contributed by atoms with Crippen molar-refractivity contribution in [2.24, 2.45) is 4.76 Å². The Hall–Kier alpha value is 0.520. The monoisotopic (exact) mass is 283 g/mol. The van der Waals surface area contributed by atoms with Gasteiger partial charge in [-0.2, -0.15) is 4.76 Å². The summed E-state index contributed by atoms with van der Waals surface area (Å²) in [6.45, 7) is 6.41. The van der Waals surface area contributed by atoms with E-state index >= 15 is 0 Å². The van der Waals surface area contributed by atoms with Gasteiger partial charge in [0.25, 0.3) is 0 Å². The minimum absolute atomic E-state index is 0.348. The lowest BCUT2D eigenvalue weighted by Gasteiger charge is -2.11. The fourth-order valence-electron chi connectivity index (χ4n) is 1.15. The largest absolute Gasteiger partial charge is 0.455 e. The quantitative estimate of drug-likeness (QED) is 0.694. The third-order valence-corrected chi connectivity index (χ3v) is 6.68. The van der Waals surface area contributed by atoms with Crippen molar-refractivity contribution in [2.75, 3.05) is 19.0 Å². The van der Waals surface area contributed by atoms with Gasteiger partial charge in [-0.3, -0.25) is 9.05 Å². The summed E-state index contributed by atoms with van der Waals surface area (Å²) in [6.07, 6.45) is 1.10. The van der Waals surface area contributed by atoms with Crippen molar-refractivity contribution in [3.8, 4) is 0 Å². The molecule has 7 heteroatoms. The average molecular weight is 283 g/mol. The van der Waals surface area contributed by atoms with Gasteiger partial charge >= 0.3 is 7.75 Å². The molecule has 1 fully saturated rings. The van der Waals surface area contributed by atoms with Gasteiger partial charge in [0.1, 0.15) is 4.38 Å². The summed E-state index contributed by atoms with van der Waals surface area (Å²) in [7, 11) is -3.26. The first-order valence-corrected chi connectivity index (χ1v) is 8.78. The second kappa shape index (κ2) is 7.07. The van der Waals surface area contributed by atoms with Gasteiger partial charge in [0.2, 0.25) is 0 Å². The number of nitrogens with zero attached hydrogens (tertiary/aromatic N) is 1. The Morgan fingerprint density at radius 2 is 2.00 bits per heavy atom. The predicted molar refractivity (Wildman–Crippen MR) is 72.4 cm³/mol. The Morgan fingerprint density at radius 3 is 2.44 bits per heavy atom. The van der Waals surface area contributed by atoms with Crippen LogP contribution in [0.15, 0.2) is 4.76 Å². The molecule has 0 spiro atoms. The molecule has 16 heavy (non-hydrogen) atoms. The smallest absolute Gasteiger partial charge is 0.291 e. The molecule has 1 unspecified atom stereocenters. The Morgan fingerprint density at radius 1 is 1.38 bits per heavy atom. The van der Waals surface area contributed by atoms with E-state index in [-0.39, 0.29) is 0 Å². The van der Waals surface area contributed by atoms with E-state index in [0.717, 1.165) is 16.5 Å². The van der Waals surface area contributed by atoms with Gasteiger partial charge < -0.3 is 0 Å². The lowest BCUT2D eigenvalue weighted by molar-refractivity contribution is 0.221. The molecule has 0 amide bonds. The Balaban J connectivity index is 2.67. The van der Waals surface area contributed by atoms with Crippen LogP contribution in [0.5, 0.6) is 0 Å². The highest BCUT2D eigenvalue weighted by Crippen LogP contribution is 2.52. The molecule has 1 aliphatic rings. The zero-order valence-corrected chi connectivity index (χ0v) is 12.4. The van der Waals surface area contributed by atoms with Gasteiger partial charge in [-0.05, 0) is 20.3 Å². The highest BCUT2D eigenvalue weighted by Gasteiger charge is 2.28. The molecule has 0 bridgehead atoms. The minimum atomic E-state index is -3.26. The summed E-state index contributed by atoms with van der Waals surface area (Å²) in [5, 5.41) is 0.570. The highest BCUT2D eigenvalue weighted by atomic mass is 32.2. The Bertz CT molecular complexity index is 288. The van der Waals surface area contributed by atoms with E-state index in [2.05, 4.69) is 11.7 Å². The van der Waals surface area contributed by atoms with Crippen LogP contribution in [0.2, 0.25) is 0 Å².